The second-order valence-electron chi connectivity index (χ2n) is 6.74. The summed E-state index contributed by atoms with van der Waals surface area (Å²) in [4.78, 5) is 37.6. The van der Waals surface area contributed by atoms with Gasteiger partial charge in [-0.2, -0.15) is 0 Å². The number of anilines is 1. The van der Waals surface area contributed by atoms with Gasteiger partial charge in [0.1, 0.15) is 17.7 Å². The molecule has 7 nitrogen and oxygen atoms in total. The molecule has 0 bridgehead atoms. The van der Waals surface area contributed by atoms with Gasteiger partial charge in [0.05, 0.1) is 5.69 Å². The average molecular weight is 375 g/mol. The topological polar surface area (TPSA) is 71.3 Å². The average Bonchev–Trinajstić information content (AvgIpc) is 2.76. The van der Waals surface area contributed by atoms with Crippen LogP contribution >= 0.6 is 0 Å². The lowest BCUT2D eigenvalue weighted by Gasteiger charge is -2.35. The van der Waals surface area contributed by atoms with Gasteiger partial charge in [-0.25, -0.2) is 9.97 Å². The lowest BCUT2D eigenvalue weighted by atomic mass is 10.1. The summed E-state index contributed by atoms with van der Waals surface area (Å²) in [5.74, 6) is 0.630. The van der Waals surface area contributed by atoms with Crippen LogP contribution in [0.25, 0.3) is 11.3 Å². The molecule has 1 aliphatic rings. The summed E-state index contributed by atoms with van der Waals surface area (Å²) in [5, 5.41) is 0. The van der Waals surface area contributed by atoms with Crippen molar-refractivity contribution in [3.05, 3.63) is 77.0 Å². The van der Waals surface area contributed by atoms with Crippen molar-refractivity contribution in [2.45, 2.75) is 0 Å². The zero-order valence-corrected chi connectivity index (χ0v) is 15.7. The molecule has 1 saturated heterocycles. The second kappa shape index (κ2) is 7.64. The highest BCUT2D eigenvalue weighted by Gasteiger charge is 2.24. The molecule has 1 aliphatic heterocycles. The van der Waals surface area contributed by atoms with Crippen LogP contribution in [0.5, 0.6) is 0 Å². The Morgan fingerprint density at radius 1 is 0.964 bits per heavy atom. The summed E-state index contributed by atoms with van der Waals surface area (Å²) in [7, 11) is 1.65. The van der Waals surface area contributed by atoms with E-state index in [2.05, 4.69) is 14.9 Å². The molecule has 3 heterocycles. The van der Waals surface area contributed by atoms with Gasteiger partial charge in [-0.15, -0.1) is 0 Å². The molecule has 28 heavy (non-hydrogen) atoms. The maximum Gasteiger partial charge on any atom is 0.263 e. The molecule has 0 spiro atoms. The van der Waals surface area contributed by atoms with E-state index in [1.54, 1.807) is 36.6 Å². The van der Waals surface area contributed by atoms with Crippen LogP contribution in [0.15, 0.2) is 65.8 Å². The standard InChI is InChI=1S/C21H21N5O2/c1-24-9-5-8-17(20(24)27)21(28)26-12-10-25(11-13-26)19-14-18(22-15-23-19)16-6-3-2-4-7-16/h2-9,14-15H,10-13H2,1H3. The number of pyridine rings is 1. The largest absolute Gasteiger partial charge is 0.353 e. The van der Waals surface area contributed by atoms with Crippen LogP contribution in [0.2, 0.25) is 0 Å². The molecule has 0 atom stereocenters. The van der Waals surface area contributed by atoms with Crippen LogP contribution in [0, 0.1) is 0 Å². The van der Waals surface area contributed by atoms with E-state index in [-0.39, 0.29) is 17.0 Å². The number of hydrogen-bond donors (Lipinski definition) is 0. The molecule has 4 rings (SSSR count). The maximum atomic E-state index is 12.7. The van der Waals surface area contributed by atoms with Gasteiger partial charge < -0.3 is 14.4 Å². The van der Waals surface area contributed by atoms with E-state index < -0.39 is 0 Å². The first-order chi connectivity index (χ1) is 13.6. The highest BCUT2D eigenvalue weighted by Crippen LogP contribution is 2.21. The van der Waals surface area contributed by atoms with Gasteiger partial charge in [-0.3, -0.25) is 9.59 Å². The first-order valence-corrected chi connectivity index (χ1v) is 9.21. The Morgan fingerprint density at radius 2 is 1.71 bits per heavy atom. The maximum absolute atomic E-state index is 12.7. The predicted molar refractivity (Wildman–Crippen MR) is 107 cm³/mol. The van der Waals surface area contributed by atoms with E-state index in [0.29, 0.717) is 26.2 Å². The summed E-state index contributed by atoms with van der Waals surface area (Å²) < 4.78 is 1.43. The number of rotatable bonds is 3. The molecule has 3 aromatic rings. The van der Waals surface area contributed by atoms with Gasteiger partial charge in [0.2, 0.25) is 0 Å². The molecule has 2 aromatic heterocycles. The van der Waals surface area contributed by atoms with E-state index in [0.717, 1.165) is 17.1 Å². The zero-order chi connectivity index (χ0) is 19.5. The van der Waals surface area contributed by atoms with Crippen molar-refractivity contribution in [2.24, 2.45) is 7.05 Å². The summed E-state index contributed by atoms with van der Waals surface area (Å²) in [6, 6.07) is 15.3. The van der Waals surface area contributed by atoms with Crippen LogP contribution in [-0.2, 0) is 7.05 Å². The monoisotopic (exact) mass is 375 g/mol. The van der Waals surface area contributed by atoms with Crippen molar-refractivity contribution in [1.29, 1.82) is 0 Å². The Bertz CT molecular complexity index is 1040. The van der Waals surface area contributed by atoms with E-state index in [4.69, 9.17) is 0 Å². The fourth-order valence-electron chi connectivity index (χ4n) is 3.36. The van der Waals surface area contributed by atoms with E-state index in [9.17, 15) is 9.59 Å². The molecule has 0 aliphatic carbocycles. The van der Waals surface area contributed by atoms with Gasteiger partial charge in [0, 0.05) is 51.1 Å². The first kappa shape index (κ1) is 17.9. The summed E-state index contributed by atoms with van der Waals surface area (Å²) in [5.41, 5.74) is 1.86. The third-order valence-electron chi connectivity index (χ3n) is 4.97. The van der Waals surface area contributed by atoms with Gasteiger partial charge >= 0.3 is 0 Å². The fourth-order valence-corrected chi connectivity index (χ4v) is 3.36. The minimum absolute atomic E-state index is 0.214. The quantitative estimate of drug-likeness (QED) is 0.698. The Kier molecular flexibility index (Phi) is 4.89. The number of carbonyl (C=O) groups excluding carboxylic acids is 1. The molecule has 7 heteroatoms. The highest BCUT2D eigenvalue weighted by atomic mass is 16.2. The van der Waals surface area contributed by atoms with Crippen LogP contribution in [-0.4, -0.2) is 51.5 Å². The lowest BCUT2D eigenvalue weighted by Crippen LogP contribution is -2.50. The smallest absolute Gasteiger partial charge is 0.263 e. The van der Waals surface area contributed by atoms with Gasteiger partial charge in [0.15, 0.2) is 0 Å². The van der Waals surface area contributed by atoms with E-state index >= 15 is 0 Å². The molecule has 142 valence electrons. The van der Waals surface area contributed by atoms with E-state index in [1.165, 1.54) is 4.57 Å². The molecule has 0 unspecified atom stereocenters. The molecule has 0 radical (unpaired) electrons. The molecule has 1 amide bonds. The van der Waals surface area contributed by atoms with Crippen LogP contribution in [0.1, 0.15) is 10.4 Å². The Morgan fingerprint density at radius 3 is 2.46 bits per heavy atom. The van der Waals surface area contributed by atoms with Gasteiger partial charge in [-0.1, -0.05) is 30.3 Å². The molecular formula is C21H21N5O2. The molecule has 1 aromatic carbocycles. The number of carbonyl (C=O) groups is 1. The molecular weight excluding hydrogens is 354 g/mol. The SMILES string of the molecule is Cn1cccc(C(=O)N2CCN(c3cc(-c4ccccc4)ncn3)CC2)c1=O. The number of amides is 1. The molecule has 0 saturated carbocycles. The molecule has 1 fully saturated rings. The summed E-state index contributed by atoms with van der Waals surface area (Å²) in [6.45, 7) is 2.40. The minimum Gasteiger partial charge on any atom is -0.353 e. The predicted octanol–water partition coefficient (Wildman–Crippen LogP) is 1.80. The Labute approximate surface area is 162 Å². The highest BCUT2D eigenvalue weighted by molar-refractivity contribution is 5.94. The van der Waals surface area contributed by atoms with Crippen molar-refractivity contribution in [1.82, 2.24) is 19.4 Å². The first-order valence-electron chi connectivity index (χ1n) is 9.21. The number of aromatic nitrogens is 3. The number of aryl methyl sites for hydroxylation is 1. The van der Waals surface area contributed by atoms with Crippen molar-refractivity contribution in [2.75, 3.05) is 31.1 Å². The Hall–Kier alpha value is -3.48. The van der Waals surface area contributed by atoms with Crippen molar-refractivity contribution in [3.63, 3.8) is 0 Å². The fraction of sp³-hybridized carbons (Fsp3) is 0.238. The minimum atomic E-state index is -0.266. The number of nitrogens with zero attached hydrogens (tertiary/aromatic N) is 5. The van der Waals surface area contributed by atoms with Crippen LogP contribution in [0.4, 0.5) is 5.82 Å². The van der Waals surface area contributed by atoms with Crippen LogP contribution in [0.3, 0.4) is 0 Å². The zero-order valence-electron chi connectivity index (χ0n) is 15.7. The van der Waals surface area contributed by atoms with Crippen LogP contribution < -0.4 is 10.5 Å². The van der Waals surface area contributed by atoms with Crippen molar-refractivity contribution in [3.8, 4) is 11.3 Å². The van der Waals surface area contributed by atoms with Gasteiger partial charge in [-0.05, 0) is 12.1 Å². The second-order valence-corrected chi connectivity index (χ2v) is 6.74. The normalized spacial score (nSPS) is 14.2. The number of benzene rings is 1. The summed E-state index contributed by atoms with van der Waals surface area (Å²) in [6.07, 6.45) is 3.22. The third-order valence-corrected chi connectivity index (χ3v) is 4.97. The van der Waals surface area contributed by atoms with E-state index in [1.807, 2.05) is 36.4 Å². The summed E-state index contributed by atoms with van der Waals surface area (Å²) >= 11 is 0. The van der Waals surface area contributed by atoms with Crippen molar-refractivity contribution < 1.29 is 4.79 Å². The third kappa shape index (κ3) is 3.51. The number of hydrogen-bond acceptors (Lipinski definition) is 5. The molecule has 0 N–H and O–H groups in total. The van der Waals surface area contributed by atoms with Gasteiger partial charge in [0.25, 0.3) is 11.5 Å². The van der Waals surface area contributed by atoms with Crippen molar-refractivity contribution >= 4 is 11.7 Å². The number of piperazine rings is 1. The lowest BCUT2D eigenvalue weighted by molar-refractivity contribution is 0.0744. The Balaban J connectivity index is 1.47.